The molecule has 0 bridgehead atoms. The molecule has 0 aliphatic carbocycles. The number of nitrogens with one attached hydrogen (secondary N) is 3. The third kappa shape index (κ3) is 4.22. The average Bonchev–Trinajstić information content (AvgIpc) is 3.04. The van der Waals surface area contributed by atoms with E-state index in [2.05, 4.69) is 26.0 Å². The number of pyridine rings is 1. The maximum Gasteiger partial charge on any atom is 0.272 e. The zero-order valence-corrected chi connectivity index (χ0v) is 15.8. The Labute approximate surface area is 159 Å². The van der Waals surface area contributed by atoms with Gasteiger partial charge in [-0.15, -0.1) is 0 Å². The number of hydrogen-bond acceptors (Lipinski definition) is 6. The normalized spacial score (nSPS) is 21.3. The van der Waals surface area contributed by atoms with Gasteiger partial charge in [-0.2, -0.15) is 10.1 Å². The molecule has 0 spiro atoms. The van der Waals surface area contributed by atoms with Crippen molar-refractivity contribution in [2.45, 2.75) is 31.7 Å². The van der Waals surface area contributed by atoms with Gasteiger partial charge >= 0.3 is 0 Å². The summed E-state index contributed by atoms with van der Waals surface area (Å²) in [5.74, 6) is 0.978. The molecular formula is C19H28N6O2. The van der Waals surface area contributed by atoms with Crippen molar-refractivity contribution in [3.8, 4) is 5.88 Å². The van der Waals surface area contributed by atoms with Crippen LogP contribution in [0.1, 0.15) is 36.2 Å². The minimum atomic E-state index is -0.128. The van der Waals surface area contributed by atoms with Crippen LogP contribution in [0.4, 0.5) is 0 Å². The van der Waals surface area contributed by atoms with Gasteiger partial charge in [0.25, 0.3) is 5.91 Å². The number of fused-ring (bicyclic) bond motifs is 1. The predicted molar refractivity (Wildman–Crippen MR) is 103 cm³/mol. The quantitative estimate of drug-likeness (QED) is 0.720. The van der Waals surface area contributed by atoms with Crippen LogP contribution < -0.4 is 20.7 Å². The summed E-state index contributed by atoms with van der Waals surface area (Å²) in [6, 6.07) is 3.93. The minimum absolute atomic E-state index is 0.128. The van der Waals surface area contributed by atoms with Crippen LogP contribution in [0.15, 0.2) is 12.1 Å². The predicted octanol–water partition coefficient (Wildman–Crippen LogP) is 0.829. The van der Waals surface area contributed by atoms with Crippen LogP contribution in [-0.4, -0.2) is 59.5 Å². The van der Waals surface area contributed by atoms with E-state index in [-0.39, 0.29) is 11.9 Å². The summed E-state index contributed by atoms with van der Waals surface area (Å²) >= 11 is 0. The Bertz CT molecular complexity index is 793. The van der Waals surface area contributed by atoms with Crippen LogP contribution in [0, 0.1) is 5.92 Å². The van der Waals surface area contributed by atoms with Crippen LogP contribution >= 0.6 is 0 Å². The SMILES string of the molecule is Cn1nc(C(=O)NC2CCNCC2)c2ccc(OCC3CCCNC3)nc21. The molecule has 2 aromatic heterocycles. The molecule has 146 valence electrons. The van der Waals surface area contributed by atoms with E-state index in [1.165, 1.54) is 12.8 Å². The van der Waals surface area contributed by atoms with E-state index in [1.54, 1.807) is 4.68 Å². The summed E-state index contributed by atoms with van der Waals surface area (Å²) in [6.45, 7) is 4.62. The standard InChI is InChI=1S/C19H28N6O2/c1-25-18-15(17(24-25)19(26)22-14-6-9-20-10-7-14)4-5-16(23-18)27-12-13-3-2-8-21-11-13/h4-5,13-14,20-21H,2-3,6-12H2,1H3,(H,22,26). The van der Waals surface area contributed by atoms with E-state index in [4.69, 9.17) is 4.74 Å². The van der Waals surface area contributed by atoms with Gasteiger partial charge in [-0.05, 0) is 51.4 Å². The molecule has 8 nitrogen and oxygen atoms in total. The Morgan fingerprint density at radius 2 is 2.11 bits per heavy atom. The number of aromatic nitrogens is 3. The van der Waals surface area contributed by atoms with Gasteiger partial charge in [0.1, 0.15) is 0 Å². The molecule has 2 aromatic rings. The molecule has 27 heavy (non-hydrogen) atoms. The molecule has 2 fully saturated rings. The highest BCUT2D eigenvalue weighted by Gasteiger charge is 2.22. The zero-order chi connectivity index (χ0) is 18.6. The third-order valence-electron chi connectivity index (χ3n) is 5.42. The summed E-state index contributed by atoms with van der Waals surface area (Å²) in [4.78, 5) is 17.3. The second-order valence-corrected chi connectivity index (χ2v) is 7.51. The maximum atomic E-state index is 12.7. The highest BCUT2D eigenvalue weighted by atomic mass is 16.5. The van der Waals surface area contributed by atoms with Crippen LogP contribution in [0.3, 0.4) is 0 Å². The fourth-order valence-electron chi connectivity index (χ4n) is 3.85. The lowest BCUT2D eigenvalue weighted by molar-refractivity contribution is 0.0925. The van der Waals surface area contributed by atoms with E-state index in [1.807, 2.05) is 19.2 Å². The van der Waals surface area contributed by atoms with Crippen molar-refractivity contribution in [3.63, 3.8) is 0 Å². The van der Waals surface area contributed by atoms with Gasteiger partial charge in [-0.25, -0.2) is 4.68 Å². The van der Waals surface area contributed by atoms with Gasteiger partial charge in [0, 0.05) is 31.6 Å². The van der Waals surface area contributed by atoms with Gasteiger partial charge < -0.3 is 20.7 Å². The van der Waals surface area contributed by atoms with E-state index >= 15 is 0 Å². The number of carbonyl (C=O) groups is 1. The van der Waals surface area contributed by atoms with E-state index < -0.39 is 0 Å². The highest BCUT2D eigenvalue weighted by Crippen LogP contribution is 2.21. The summed E-state index contributed by atoms with van der Waals surface area (Å²) in [5.41, 5.74) is 1.10. The monoisotopic (exact) mass is 372 g/mol. The number of nitrogens with zero attached hydrogens (tertiary/aromatic N) is 3. The highest BCUT2D eigenvalue weighted by molar-refractivity contribution is 6.04. The molecule has 1 atom stereocenters. The second-order valence-electron chi connectivity index (χ2n) is 7.51. The molecule has 0 saturated carbocycles. The van der Waals surface area contributed by atoms with Crippen molar-refractivity contribution in [2.24, 2.45) is 13.0 Å². The van der Waals surface area contributed by atoms with E-state index in [0.717, 1.165) is 44.4 Å². The van der Waals surface area contributed by atoms with Crippen LogP contribution in [-0.2, 0) is 7.05 Å². The van der Waals surface area contributed by atoms with Crippen molar-refractivity contribution in [1.29, 1.82) is 0 Å². The molecule has 4 rings (SSSR count). The lowest BCUT2D eigenvalue weighted by Crippen LogP contribution is -2.42. The molecule has 1 unspecified atom stereocenters. The Balaban J connectivity index is 1.46. The lowest BCUT2D eigenvalue weighted by atomic mass is 10.0. The van der Waals surface area contributed by atoms with E-state index in [0.29, 0.717) is 29.7 Å². The van der Waals surface area contributed by atoms with Gasteiger partial charge in [-0.1, -0.05) is 0 Å². The van der Waals surface area contributed by atoms with Gasteiger partial charge in [-0.3, -0.25) is 4.79 Å². The molecule has 2 aliphatic heterocycles. The van der Waals surface area contributed by atoms with Crippen molar-refractivity contribution in [2.75, 3.05) is 32.8 Å². The molecular weight excluding hydrogens is 344 g/mol. The Hall–Kier alpha value is -2.19. The summed E-state index contributed by atoms with van der Waals surface area (Å²) in [6.07, 6.45) is 4.27. The third-order valence-corrected chi connectivity index (χ3v) is 5.42. The second kappa shape index (κ2) is 8.22. The Morgan fingerprint density at radius 3 is 2.89 bits per heavy atom. The maximum absolute atomic E-state index is 12.7. The Morgan fingerprint density at radius 1 is 1.26 bits per heavy atom. The summed E-state index contributed by atoms with van der Waals surface area (Å²) < 4.78 is 7.55. The molecule has 0 radical (unpaired) electrons. The number of ether oxygens (including phenoxy) is 1. The first-order valence-corrected chi connectivity index (χ1v) is 9.89. The minimum Gasteiger partial charge on any atom is -0.477 e. The summed E-state index contributed by atoms with van der Waals surface area (Å²) in [5, 5.41) is 15.0. The molecule has 2 saturated heterocycles. The largest absolute Gasteiger partial charge is 0.477 e. The van der Waals surface area contributed by atoms with Crippen molar-refractivity contribution in [1.82, 2.24) is 30.7 Å². The van der Waals surface area contributed by atoms with Crippen LogP contribution in [0.25, 0.3) is 11.0 Å². The molecule has 8 heteroatoms. The van der Waals surface area contributed by atoms with Crippen molar-refractivity contribution < 1.29 is 9.53 Å². The zero-order valence-electron chi connectivity index (χ0n) is 15.8. The van der Waals surface area contributed by atoms with Crippen LogP contribution in [0.2, 0.25) is 0 Å². The van der Waals surface area contributed by atoms with Gasteiger partial charge in [0.15, 0.2) is 11.3 Å². The number of aryl methyl sites for hydroxylation is 1. The topological polar surface area (TPSA) is 93.1 Å². The van der Waals surface area contributed by atoms with Crippen molar-refractivity contribution in [3.05, 3.63) is 17.8 Å². The first-order chi connectivity index (χ1) is 13.2. The molecule has 2 aliphatic rings. The average molecular weight is 372 g/mol. The van der Waals surface area contributed by atoms with E-state index in [9.17, 15) is 4.79 Å². The molecule has 4 heterocycles. The molecule has 0 aromatic carbocycles. The Kier molecular flexibility index (Phi) is 5.54. The smallest absolute Gasteiger partial charge is 0.272 e. The van der Waals surface area contributed by atoms with Gasteiger partial charge in [0.2, 0.25) is 5.88 Å². The van der Waals surface area contributed by atoms with Gasteiger partial charge in [0.05, 0.1) is 12.0 Å². The molecule has 3 N–H and O–H groups in total. The number of amides is 1. The fraction of sp³-hybridized carbons (Fsp3) is 0.632. The molecule has 1 amide bonds. The number of rotatable bonds is 5. The number of piperidine rings is 2. The fourth-order valence-corrected chi connectivity index (χ4v) is 3.85. The van der Waals surface area contributed by atoms with Crippen LogP contribution in [0.5, 0.6) is 5.88 Å². The first-order valence-electron chi connectivity index (χ1n) is 9.89. The lowest BCUT2D eigenvalue weighted by Gasteiger charge is -2.23. The summed E-state index contributed by atoms with van der Waals surface area (Å²) in [7, 11) is 1.81. The number of carbonyl (C=O) groups excluding carboxylic acids is 1. The van der Waals surface area contributed by atoms with Crippen molar-refractivity contribution >= 4 is 16.9 Å². The first kappa shape index (κ1) is 18.2. The number of hydrogen-bond donors (Lipinski definition) is 3.